The zero-order valence-corrected chi connectivity index (χ0v) is 8.20. The van der Waals surface area contributed by atoms with Crippen LogP contribution in [0.2, 0.25) is 0 Å². The van der Waals surface area contributed by atoms with Gasteiger partial charge in [-0.3, -0.25) is 0 Å². The van der Waals surface area contributed by atoms with Gasteiger partial charge in [-0.05, 0) is 25.0 Å². The van der Waals surface area contributed by atoms with Gasteiger partial charge >= 0.3 is 0 Å². The van der Waals surface area contributed by atoms with E-state index in [1.165, 1.54) is 0 Å². The van der Waals surface area contributed by atoms with Gasteiger partial charge in [0.25, 0.3) is 0 Å². The van der Waals surface area contributed by atoms with Crippen molar-refractivity contribution in [1.29, 1.82) is 5.26 Å². The molecule has 0 fully saturated rings. The molecule has 1 atom stereocenters. The second kappa shape index (κ2) is 4.64. The van der Waals surface area contributed by atoms with Crippen molar-refractivity contribution in [2.24, 2.45) is 5.73 Å². The van der Waals surface area contributed by atoms with Crippen LogP contribution in [0.3, 0.4) is 0 Å². The first-order valence-corrected chi connectivity index (χ1v) is 4.59. The fourth-order valence-corrected chi connectivity index (χ4v) is 1.32. The summed E-state index contributed by atoms with van der Waals surface area (Å²) in [5, 5.41) is 17.9. The van der Waals surface area contributed by atoms with Gasteiger partial charge in [0.2, 0.25) is 0 Å². The van der Waals surface area contributed by atoms with Crippen molar-refractivity contribution >= 4 is 0 Å². The van der Waals surface area contributed by atoms with Crippen molar-refractivity contribution in [2.45, 2.75) is 25.8 Å². The lowest BCUT2D eigenvalue weighted by Crippen LogP contribution is -2.05. The second-order valence-electron chi connectivity index (χ2n) is 3.34. The summed E-state index contributed by atoms with van der Waals surface area (Å²) in [6.07, 6.45) is 1.19. The molecule has 14 heavy (non-hydrogen) atoms. The first kappa shape index (κ1) is 10.6. The molecule has 0 saturated carbocycles. The number of rotatable bonds is 3. The van der Waals surface area contributed by atoms with E-state index in [1.54, 1.807) is 6.07 Å². The Morgan fingerprint density at radius 2 is 2.29 bits per heavy atom. The number of nitrogens with zero attached hydrogens (tertiary/aromatic N) is 1. The molecular formula is C11H14N2O. The number of nitrogens with two attached hydrogens (primary N) is 1. The molecule has 3 heteroatoms. The smallest absolute Gasteiger partial charge is 0.120 e. The summed E-state index contributed by atoms with van der Waals surface area (Å²) in [4.78, 5) is 0. The highest BCUT2D eigenvalue weighted by atomic mass is 16.3. The molecule has 1 aromatic carbocycles. The normalized spacial score (nSPS) is 12.1. The Morgan fingerprint density at radius 3 is 2.86 bits per heavy atom. The molecule has 3 N–H and O–H groups in total. The van der Waals surface area contributed by atoms with E-state index < -0.39 is 0 Å². The van der Waals surface area contributed by atoms with Crippen LogP contribution in [-0.4, -0.2) is 5.11 Å². The Morgan fingerprint density at radius 1 is 1.57 bits per heavy atom. The van der Waals surface area contributed by atoms with Gasteiger partial charge in [-0.1, -0.05) is 12.1 Å². The number of phenolic OH excluding ortho intramolecular Hbond substituents is 1. The summed E-state index contributed by atoms with van der Waals surface area (Å²) in [7, 11) is 0. The largest absolute Gasteiger partial charge is 0.508 e. The van der Waals surface area contributed by atoms with Crippen LogP contribution in [0.5, 0.6) is 5.75 Å². The second-order valence-corrected chi connectivity index (χ2v) is 3.34. The SMILES string of the molecule is C[C@H](N)c1cc(CCC#N)ccc1O. The molecular weight excluding hydrogens is 176 g/mol. The maximum absolute atomic E-state index is 9.49. The maximum Gasteiger partial charge on any atom is 0.120 e. The predicted octanol–water partition coefficient (Wildman–Crippen LogP) is 1.87. The number of hydrogen-bond donors (Lipinski definition) is 2. The van der Waals surface area contributed by atoms with Gasteiger partial charge in [-0.2, -0.15) is 5.26 Å². The molecule has 0 aliphatic carbocycles. The van der Waals surface area contributed by atoms with Crippen LogP contribution in [0, 0.1) is 11.3 Å². The van der Waals surface area contributed by atoms with Crippen LogP contribution in [0.15, 0.2) is 18.2 Å². The van der Waals surface area contributed by atoms with Gasteiger partial charge < -0.3 is 10.8 Å². The van der Waals surface area contributed by atoms with E-state index in [2.05, 4.69) is 6.07 Å². The van der Waals surface area contributed by atoms with Crippen LogP contribution in [0.4, 0.5) is 0 Å². The van der Waals surface area contributed by atoms with Gasteiger partial charge in [0.1, 0.15) is 5.75 Å². The molecule has 0 bridgehead atoms. The third-order valence-corrected chi connectivity index (χ3v) is 2.11. The van der Waals surface area contributed by atoms with Crippen LogP contribution < -0.4 is 5.73 Å². The number of hydrogen-bond acceptors (Lipinski definition) is 3. The van der Waals surface area contributed by atoms with E-state index in [1.807, 2.05) is 19.1 Å². The molecule has 0 aliphatic rings. The fourth-order valence-electron chi connectivity index (χ4n) is 1.32. The monoisotopic (exact) mass is 190 g/mol. The standard InChI is InChI=1S/C11H14N2O/c1-8(13)10-7-9(3-2-6-12)4-5-11(10)14/h4-5,7-8,14H,2-3,13H2,1H3/t8-/m0/s1. The number of phenols is 1. The van der Waals surface area contributed by atoms with Crippen molar-refractivity contribution in [1.82, 2.24) is 0 Å². The average Bonchev–Trinajstić information content (AvgIpc) is 2.16. The summed E-state index contributed by atoms with van der Waals surface area (Å²) < 4.78 is 0. The van der Waals surface area contributed by atoms with Crippen LogP contribution in [-0.2, 0) is 6.42 Å². The van der Waals surface area contributed by atoms with E-state index in [0.717, 1.165) is 11.1 Å². The minimum Gasteiger partial charge on any atom is -0.508 e. The van der Waals surface area contributed by atoms with Crippen molar-refractivity contribution in [3.05, 3.63) is 29.3 Å². The molecule has 0 heterocycles. The van der Waals surface area contributed by atoms with Gasteiger partial charge in [0, 0.05) is 18.0 Å². The first-order valence-electron chi connectivity index (χ1n) is 4.59. The molecule has 0 unspecified atom stereocenters. The molecule has 0 saturated heterocycles. The minimum absolute atomic E-state index is 0.183. The highest BCUT2D eigenvalue weighted by Crippen LogP contribution is 2.23. The fraction of sp³-hybridized carbons (Fsp3) is 0.364. The molecule has 0 amide bonds. The van der Waals surface area contributed by atoms with Crippen LogP contribution in [0.1, 0.15) is 30.5 Å². The Bertz CT molecular complexity index is 353. The molecule has 0 radical (unpaired) electrons. The third-order valence-electron chi connectivity index (χ3n) is 2.11. The molecule has 74 valence electrons. The lowest BCUT2D eigenvalue weighted by atomic mass is 10.0. The van der Waals surface area contributed by atoms with Crippen molar-refractivity contribution in [2.75, 3.05) is 0 Å². The molecule has 3 nitrogen and oxygen atoms in total. The number of aromatic hydroxyl groups is 1. The first-order chi connectivity index (χ1) is 6.65. The zero-order valence-electron chi connectivity index (χ0n) is 8.20. The predicted molar refractivity (Wildman–Crippen MR) is 54.6 cm³/mol. The Kier molecular flexibility index (Phi) is 3.49. The third kappa shape index (κ3) is 2.48. The maximum atomic E-state index is 9.49. The molecule has 0 aromatic heterocycles. The average molecular weight is 190 g/mol. The summed E-state index contributed by atoms with van der Waals surface area (Å²) in [6.45, 7) is 1.82. The highest BCUT2D eigenvalue weighted by molar-refractivity contribution is 5.38. The van der Waals surface area contributed by atoms with Crippen LogP contribution >= 0.6 is 0 Å². The zero-order chi connectivity index (χ0) is 10.6. The molecule has 1 rings (SSSR count). The summed E-state index contributed by atoms with van der Waals surface area (Å²) >= 11 is 0. The highest BCUT2D eigenvalue weighted by Gasteiger charge is 2.06. The van der Waals surface area contributed by atoms with Crippen LogP contribution in [0.25, 0.3) is 0 Å². The molecule has 1 aromatic rings. The molecule has 0 aliphatic heterocycles. The lowest BCUT2D eigenvalue weighted by Gasteiger charge is -2.09. The van der Waals surface area contributed by atoms with Gasteiger partial charge in [-0.25, -0.2) is 0 Å². The number of benzene rings is 1. The number of aryl methyl sites for hydroxylation is 1. The van der Waals surface area contributed by atoms with E-state index in [0.29, 0.717) is 12.8 Å². The topological polar surface area (TPSA) is 70.0 Å². The summed E-state index contributed by atoms with van der Waals surface area (Å²) in [5.41, 5.74) is 7.46. The van der Waals surface area contributed by atoms with Gasteiger partial charge in [0.15, 0.2) is 0 Å². The van der Waals surface area contributed by atoms with Gasteiger partial charge in [-0.15, -0.1) is 0 Å². The molecule has 0 spiro atoms. The lowest BCUT2D eigenvalue weighted by molar-refractivity contribution is 0.463. The van der Waals surface area contributed by atoms with E-state index in [9.17, 15) is 5.11 Å². The summed E-state index contributed by atoms with van der Waals surface area (Å²) in [5.74, 6) is 0.223. The Balaban J connectivity index is 2.90. The van der Waals surface area contributed by atoms with Crippen molar-refractivity contribution in [3.63, 3.8) is 0 Å². The van der Waals surface area contributed by atoms with E-state index in [4.69, 9.17) is 11.0 Å². The van der Waals surface area contributed by atoms with Gasteiger partial charge in [0.05, 0.1) is 6.07 Å². The Labute approximate surface area is 83.8 Å². The Hall–Kier alpha value is -1.53. The van der Waals surface area contributed by atoms with Crippen molar-refractivity contribution < 1.29 is 5.11 Å². The summed E-state index contributed by atoms with van der Waals surface area (Å²) in [6, 6.07) is 7.21. The minimum atomic E-state index is -0.183. The van der Waals surface area contributed by atoms with E-state index >= 15 is 0 Å². The quantitative estimate of drug-likeness (QED) is 0.764. The van der Waals surface area contributed by atoms with E-state index in [-0.39, 0.29) is 11.8 Å². The van der Waals surface area contributed by atoms with Crippen molar-refractivity contribution in [3.8, 4) is 11.8 Å². The number of nitriles is 1.